The lowest BCUT2D eigenvalue weighted by molar-refractivity contribution is 0.288. The molecule has 0 saturated carbocycles. The molecular formula is C14H18N2O2. The van der Waals surface area contributed by atoms with Crippen LogP contribution in [0, 0.1) is 0 Å². The summed E-state index contributed by atoms with van der Waals surface area (Å²) in [6.45, 7) is 2.62. The minimum atomic E-state index is 0.821. The molecule has 1 aromatic rings. The standard InChI is InChI=1S/C14H18N2O2/c17-15-12-6-8-16(9-7-12)13-5-1-3-11-4-2-10-18-14(11)13/h1,3,5,17H,2,4,6-10H2. The fourth-order valence-electron chi connectivity index (χ4n) is 2.73. The Morgan fingerprint density at radius 2 is 2.00 bits per heavy atom. The van der Waals surface area contributed by atoms with Crippen molar-refractivity contribution in [3.8, 4) is 5.75 Å². The van der Waals surface area contributed by atoms with Crippen LogP contribution >= 0.6 is 0 Å². The molecule has 2 heterocycles. The lowest BCUT2D eigenvalue weighted by atomic mass is 10.0. The zero-order chi connectivity index (χ0) is 12.4. The number of ether oxygens (including phenoxy) is 1. The van der Waals surface area contributed by atoms with E-state index in [0.29, 0.717) is 0 Å². The number of fused-ring (bicyclic) bond motifs is 1. The van der Waals surface area contributed by atoms with E-state index in [9.17, 15) is 0 Å². The van der Waals surface area contributed by atoms with E-state index < -0.39 is 0 Å². The van der Waals surface area contributed by atoms with Gasteiger partial charge in [-0.1, -0.05) is 17.3 Å². The van der Waals surface area contributed by atoms with Gasteiger partial charge in [-0.15, -0.1) is 0 Å². The number of rotatable bonds is 1. The lowest BCUT2D eigenvalue weighted by Crippen LogP contribution is -2.34. The molecule has 0 aliphatic carbocycles. The van der Waals surface area contributed by atoms with E-state index in [-0.39, 0.29) is 0 Å². The SMILES string of the molecule is ON=C1CCN(c2cccc3c2OCCC3)CC1. The predicted molar refractivity (Wildman–Crippen MR) is 70.9 cm³/mol. The highest BCUT2D eigenvalue weighted by Gasteiger charge is 2.21. The second kappa shape index (κ2) is 4.88. The summed E-state index contributed by atoms with van der Waals surface area (Å²) in [7, 11) is 0. The molecule has 1 N–H and O–H groups in total. The third-order valence-corrected chi connectivity index (χ3v) is 3.74. The van der Waals surface area contributed by atoms with Crippen LogP contribution in [0.15, 0.2) is 23.4 Å². The zero-order valence-electron chi connectivity index (χ0n) is 10.4. The molecule has 2 aliphatic heterocycles. The number of hydrogen-bond donors (Lipinski definition) is 1. The minimum absolute atomic E-state index is 0.821. The predicted octanol–water partition coefficient (Wildman–Crippen LogP) is 2.44. The third-order valence-electron chi connectivity index (χ3n) is 3.74. The normalized spacial score (nSPS) is 19.1. The van der Waals surface area contributed by atoms with E-state index in [1.165, 1.54) is 11.3 Å². The molecule has 96 valence electrons. The van der Waals surface area contributed by atoms with Crippen molar-refractivity contribution in [2.24, 2.45) is 5.16 Å². The highest BCUT2D eigenvalue weighted by atomic mass is 16.5. The smallest absolute Gasteiger partial charge is 0.145 e. The van der Waals surface area contributed by atoms with E-state index in [1.807, 2.05) is 0 Å². The summed E-state index contributed by atoms with van der Waals surface area (Å²) >= 11 is 0. The van der Waals surface area contributed by atoms with Crippen molar-refractivity contribution in [1.82, 2.24) is 0 Å². The average molecular weight is 246 g/mol. The Balaban J connectivity index is 1.84. The van der Waals surface area contributed by atoms with Crippen LogP contribution in [0.1, 0.15) is 24.8 Å². The highest BCUT2D eigenvalue weighted by molar-refractivity contribution is 5.86. The Hall–Kier alpha value is -1.71. The van der Waals surface area contributed by atoms with Crippen LogP contribution in [-0.4, -0.2) is 30.6 Å². The maximum absolute atomic E-state index is 8.78. The van der Waals surface area contributed by atoms with Crippen molar-refractivity contribution in [1.29, 1.82) is 0 Å². The van der Waals surface area contributed by atoms with Gasteiger partial charge in [0.15, 0.2) is 0 Å². The number of hydrogen-bond acceptors (Lipinski definition) is 4. The van der Waals surface area contributed by atoms with Crippen LogP contribution in [0.4, 0.5) is 5.69 Å². The van der Waals surface area contributed by atoms with Crippen LogP contribution in [-0.2, 0) is 6.42 Å². The van der Waals surface area contributed by atoms with Gasteiger partial charge in [-0.2, -0.15) is 0 Å². The summed E-state index contributed by atoms with van der Waals surface area (Å²) in [6, 6.07) is 6.40. The average Bonchev–Trinajstić information content (AvgIpc) is 2.47. The van der Waals surface area contributed by atoms with Crippen molar-refractivity contribution in [2.75, 3.05) is 24.6 Å². The number of nitrogens with zero attached hydrogens (tertiary/aromatic N) is 2. The first kappa shape index (κ1) is 11.4. The van der Waals surface area contributed by atoms with Crippen molar-refractivity contribution in [3.63, 3.8) is 0 Å². The molecule has 0 atom stereocenters. The van der Waals surface area contributed by atoms with Gasteiger partial charge in [-0.3, -0.25) is 0 Å². The molecule has 0 spiro atoms. The number of benzene rings is 1. The number of aryl methyl sites for hydroxylation is 1. The van der Waals surface area contributed by atoms with E-state index in [1.54, 1.807) is 0 Å². The van der Waals surface area contributed by atoms with E-state index in [2.05, 4.69) is 28.3 Å². The topological polar surface area (TPSA) is 45.1 Å². The first-order chi connectivity index (χ1) is 8.88. The minimum Gasteiger partial charge on any atom is -0.491 e. The van der Waals surface area contributed by atoms with Crippen molar-refractivity contribution in [3.05, 3.63) is 23.8 Å². The summed E-state index contributed by atoms with van der Waals surface area (Å²) in [6.07, 6.45) is 3.89. The number of oxime groups is 1. The molecule has 1 fully saturated rings. The first-order valence-electron chi connectivity index (χ1n) is 6.58. The fraction of sp³-hybridized carbons (Fsp3) is 0.500. The first-order valence-corrected chi connectivity index (χ1v) is 6.58. The number of piperidine rings is 1. The molecule has 1 saturated heterocycles. The largest absolute Gasteiger partial charge is 0.491 e. The second-order valence-corrected chi connectivity index (χ2v) is 4.87. The van der Waals surface area contributed by atoms with Crippen LogP contribution in [0.3, 0.4) is 0 Å². The van der Waals surface area contributed by atoms with Gasteiger partial charge in [-0.05, 0) is 24.5 Å². The van der Waals surface area contributed by atoms with Gasteiger partial charge in [-0.25, -0.2) is 0 Å². The monoisotopic (exact) mass is 246 g/mol. The molecule has 1 aromatic carbocycles. The Morgan fingerprint density at radius 3 is 2.78 bits per heavy atom. The summed E-state index contributed by atoms with van der Waals surface area (Å²) < 4.78 is 5.84. The van der Waals surface area contributed by atoms with Gasteiger partial charge >= 0.3 is 0 Å². The van der Waals surface area contributed by atoms with Gasteiger partial charge in [0.05, 0.1) is 18.0 Å². The van der Waals surface area contributed by atoms with Gasteiger partial charge in [0.1, 0.15) is 5.75 Å². The molecule has 0 unspecified atom stereocenters. The van der Waals surface area contributed by atoms with Crippen molar-refractivity contribution < 1.29 is 9.94 Å². The Kier molecular flexibility index (Phi) is 3.09. The molecule has 4 heteroatoms. The van der Waals surface area contributed by atoms with Gasteiger partial charge in [0.2, 0.25) is 0 Å². The van der Waals surface area contributed by atoms with Crippen LogP contribution in [0.25, 0.3) is 0 Å². The molecule has 0 amide bonds. The summed E-state index contributed by atoms with van der Waals surface area (Å²) in [4.78, 5) is 2.33. The Bertz CT molecular complexity index is 461. The number of para-hydroxylation sites is 1. The molecule has 4 nitrogen and oxygen atoms in total. The molecular weight excluding hydrogens is 228 g/mol. The molecule has 0 radical (unpaired) electrons. The van der Waals surface area contributed by atoms with Crippen molar-refractivity contribution in [2.45, 2.75) is 25.7 Å². The van der Waals surface area contributed by atoms with Crippen LogP contribution in [0.5, 0.6) is 5.75 Å². The molecule has 0 aromatic heterocycles. The summed E-state index contributed by atoms with van der Waals surface area (Å²) in [5.74, 6) is 1.06. The summed E-state index contributed by atoms with van der Waals surface area (Å²) in [5, 5.41) is 12.1. The molecule has 18 heavy (non-hydrogen) atoms. The van der Waals surface area contributed by atoms with Crippen LogP contribution < -0.4 is 9.64 Å². The second-order valence-electron chi connectivity index (χ2n) is 4.87. The lowest BCUT2D eigenvalue weighted by Gasteiger charge is -2.32. The molecule has 2 aliphatic rings. The fourth-order valence-corrected chi connectivity index (χ4v) is 2.73. The highest BCUT2D eigenvalue weighted by Crippen LogP contribution is 2.36. The van der Waals surface area contributed by atoms with E-state index >= 15 is 0 Å². The van der Waals surface area contributed by atoms with Gasteiger partial charge in [0, 0.05) is 25.9 Å². The van der Waals surface area contributed by atoms with E-state index in [0.717, 1.165) is 56.8 Å². The molecule has 0 bridgehead atoms. The van der Waals surface area contributed by atoms with E-state index in [4.69, 9.17) is 9.94 Å². The third kappa shape index (κ3) is 2.03. The van der Waals surface area contributed by atoms with Crippen molar-refractivity contribution >= 4 is 11.4 Å². The molecule has 3 rings (SSSR count). The Labute approximate surface area is 107 Å². The maximum Gasteiger partial charge on any atom is 0.145 e. The quantitative estimate of drug-likeness (QED) is 0.611. The maximum atomic E-state index is 8.78. The van der Waals surface area contributed by atoms with Gasteiger partial charge < -0.3 is 14.8 Å². The number of anilines is 1. The summed E-state index contributed by atoms with van der Waals surface area (Å²) in [5.41, 5.74) is 3.42. The van der Waals surface area contributed by atoms with Gasteiger partial charge in [0.25, 0.3) is 0 Å². The zero-order valence-corrected chi connectivity index (χ0v) is 10.4. The Morgan fingerprint density at radius 1 is 1.17 bits per heavy atom. The van der Waals surface area contributed by atoms with Crippen LogP contribution in [0.2, 0.25) is 0 Å².